The van der Waals surface area contributed by atoms with E-state index in [2.05, 4.69) is 10.3 Å². The van der Waals surface area contributed by atoms with Crippen LogP contribution < -0.4 is 19.7 Å². The number of carbonyl (C=O) groups excluding carboxylic acids is 3. The Morgan fingerprint density at radius 2 is 1.61 bits per heavy atom. The van der Waals surface area contributed by atoms with Crippen molar-refractivity contribution in [3.8, 4) is 11.6 Å². The Morgan fingerprint density at radius 3 is 2.21 bits per heavy atom. The van der Waals surface area contributed by atoms with Crippen molar-refractivity contribution in [2.45, 2.75) is 135 Å². The topological polar surface area (TPSA) is 186 Å². The van der Waals surface area contributed by atoms with Gasteiger partial charge in [0.15, 0.2) is 0 Å². The number of anilines is 2. The molecule has 2 heterocycles. The first-order valence-electron chi connectivity index (χ1n) is 18.9. The lowest BCUT2D eigenvalue weighted by Crippen LogP contribution is -2.76. The molecule has 4 aliphatic rings. The summed E-state index contributed by atoms with van der Waals surface area (Å²) in [5, 5.41) is 19.0. The number of nitrogens with one attached hydrogen (secondary N) is 1. The van der Waals surface area contributed by atoms with Gasteiger partial charge >= 0.3 is 18.3 Å². The number of alkyl carbamates (subject to hydrolysis) is 1. The van der Waals surface area contributed by atoms with Gasteiger partial charge < -0.3 is 29.0 Å². The predicted molar refractivity (Wildman–Crippen MR) is 204 cm³/mol. The van der Waals surface area contributed by atoms with E-state index in [1.807, 2.05) is 47.6 Å². The van der Waals surface area contributed by atoms with E-state index in [4.69, 9.17) is 28.8 Å². The van der Waals surface area contributed by atoms with Crippen molar-refractivity contribution in [3.05, 3.63) is 64.5 Å². The van der Waals surface area contributed by atoms with Crippen LogP contribution in [0.5, 0.6) is 11.6 Å². The molecule has 2 bridgehead atoms. The van der Waals surface area contributed by atoms with Crippen LogP contribution in [0.1, 0.15) is 112 Å². The Bertz CT molecular complexity index is 1950. The van der Waals surface area contributed by atoms with E-state index < -0.39 is 46.1 Å². The normalized spacial score (nSPS) is 22.9. The molecule has 0 saturated heterocycles. The molecule has 2 amide bonds. The van der Waals surface area contributed by atoms with E-state index in [0.29, 0.717) is 43.3 Å². The van der Waals surface area contributed by atoms with Crippen molar-refractivity contribution in [2.75, 3.05) is 11.5 Å². The maximum atomic E-state index is 14.1. The highest BCUT2D eigenvalue weighted by molar-refractivity contribution is 5.95. The molecule has 0 radical (unpaired) electrons. The van der Waals surface area contributed by atoms with Gasteiger partial charge in [-0.2, -0.15) is 5.10 Å². The quantitative estimate of drug-likeness (QED) is 0.0680. The van der Waals surface area contributed by atoms with Crippen LogP contribution in [0.25, 0.3) is 0 Å². The fourth-order valence-electron chi connectivity index (χ4n) is 7.74. The molecule has 16 nitrogen and oxygen atoms in total. The van der Waals surface area contributed by atoms with Crippen molar-refractivity contribution < 1.29 is 43.0 Å². The number of amides is 2. The van der Waals surface area contributed by atoms with Gasteiger partial charge in [-0.3, -0.25) is 10.1 Å². The maximum Gasteiger partial charge on any atom is 0.514 e. The molecule has 0 spiro atoms. The predicted octanol–water partition coefficient (Wildman–Crippen LogP) is 8.69. The molecule has 2 aromatic heterocycles. The van der Waals surface area contributed by atoms with Crippen molar-refractivity contribution in [2.24, 2.45) is 5.41 Å². The van der Waals surface area contributed by atoms with E-state index in [-0.39, 0.29) is 28.3 Å². The zero-order chi connectivity index (χ0) is 40.8. The average Bonchev–Trinajstić information content (AvgIpc) is 3.68. The van der Waals surface area contributed by atoms with Gasteiger partial charge in [0, 0.05) is 47.3 Å². The summed E-state index contributed by atoms with van der Waals surface area (Å²) < 4.78 is 30.3. The van der Waals surface area contributed by atoms with Crippen molar-refractivity contribution in [3.63, 3.8) is 0 Å². The Kier molecular flexibility index (Phi) is 10.5. The molecule has 4 fully saturated rings. The highest BCUT2D eigenvalue weighted by Gasteiger charge is 2.69. The standard InChI is InChI=1S/C40H52N6O10/c1-36(2,3)45-32(20-30(43-45)25-10-13-29(18-25)54-35(49)53-28-14-11-26(12-15-28)46(50)51)44(34(48)56-38(7,8)9)27-16-17-41-31(19-27)52-24-39-21-40(22-39,23-39)42-33(47)55-37(4,5)6/h11-12,14-17,19-20,25,29H,10,13,18,21-24H2,1-9H3,(H,42,47)/t25-,29+,39?,40?/m0/s1. The lowest BCUT2D eigenvalue weighted by molar-refractivity contribution is -0.384. The van der Waals surface area contributed by atoms with Gasteiger partial charge in [0.2, 0.25) is 5.88 Å². The molecule has 7 rings (SSSR count). The second-order valence-corrected chi connectivity index (χ2v) is 18.3. The lowest BCUT2D eigenvalue weighted by Gasteiger charge is -2.69. The molecule has 3 aromatic rings. The summed E-state index contributed by atoms with van der Waals surface area (Å²) in [6.07, 6.45) is 3.29. The van der Waals surface area contributed by atoms with Crippen LogP contribution in [0.2, 0.25) is 0 Å². The minimum absolute atomic E-state index is 0.0678. The molecule has 4 aliphatic carbocycles. The second-order valence-electron chi connectivity index (χ2n) is 18.3. The van der Waals surface area contributed by atoms with E-state index in [0.717, 1.165) is 25.0 Å². The van der Waals surface area contributed by atoms with Crippen LogP contribution in [0.15, 0.2) is 48.7 Å². The number of aromatic nitrogens is 3. The summed E-state index contributed by atoms with van der Waals surface area (Å²) in [5.74, 6) is 0.868. The highest BCUT2D eigenvalue weighted by Crippen LogP contribution is 2.67. The lowest BCUT2D eigenvalue weighted by atomic mass is 9.39. The Morgan fingerprint density at radius 1 is 0.946 bits per heavy atom. The van der Waals surface area contributed by atoms with Crippen LogP contribution in [-0.4, -0.2) is 67.5 Å². The fraction of sp³-hybridized carbons (Fsp3) is 0.575. The van der Waals surface area contributed by atoms with Crippen LogP contribution >= 0.6 is 0 Å². The van der Waals surface area contributed by atoms with E-state index in [1.165, 1.54) is 29.2 Å². The number of nitro groups is 1. The van der Waals surface area contributed by atoms with Crippen molar-refractivity contribution >= 4 is 35.5 Å². The molecule has 1 aromatic carbocycles. The molecule has 0 aliphatic heterocycles. The Balaban J connectivity index is 1.16. The SMILES string of the molecule is CC(C)(C)OC(=O)NC12CC(COc3cc(N(C(=O)OC(C)(C)C)c4cc([C@H]5CC[C@@H](OC(=O)Oc6ccc([N+](=O)[O-])cc6)C5)nn4C(C)(C)C)ccn3)(C1)C2. The number of nitrogens with zero attached hydrogens (tertiary/aromatic N) is 5. The maximum absolute atomic E-state index is 14.1. The Labute approximate surface area is 326 Å². The smallest absolute Gasteiger partial charge is 0.477 e. The summed E-state index contributed by atoms with van der Waals surface area (Å²) in [4.78, 5) is 55.4. The third-order valence-electron chi connectivity index (χ3n) is 9.87. The number of rotatable bonds is 10. The van der Waals surface area contributed by atoms with Gasteiger partial charge in [0.1, 0.15) is 28.9 Å². The van der Waals surface area contributed by atoms with Gasteiger partial charge in [-0.25, -0.2) is 28.9 Å². The van der Waals surface area contributed by atoms with E-state index in [9.17, 15) is 24.5 Å². The zero-order valence-corrected chi connectivity index (χ0v) is 33.5. The summed E-state index contributed by atoms with van der Waals surface area (Å²) >= 11 is 0. The molecule has 302 valence electrons. The molecule has 4 saturated carbocycles. The first-order chi connectivity index (χ1) is 26.0. The third-order valence-corrected chi connectivity index (χ3v) is 9.87. The molecule has 56 heavy (non-hydrogen) atoms. The van der Waals surface area contributed by atoms with Gasteiger partial charge in [-0.1, -0.05) is 0 Å². The van der Waals surface area contributed by atoms with Crippen molar-refractivity contribution in [1.29, 1.82) is 0 Å². The number of nitro benzene ring substituents is 1. The fourth-order valence-corrected chi connectivity index (χ4v) is 7.74. The number of carbonyl (C=O) groups is 3. The van der Waals surface area contributed by atoms with Crippen LogP contribution in [0.4, 0.5) is 31.6 Å². The number of hydrogen-bond acceptors (Lipinski definition) is 12. The number of hydrogen-bond donors (Lipinski definition) is 1. The average molecular weight is 777 g/mol. The summed E-state index contributed by atoms with van der Waals surface area (Å²) in [7, 11) is 0. The third kappa shape index (κ3) is 9.33. The van der Waals surface area contributed by atoms with Gasteiger partial charge in [-0.05, 0) is 119 Å². The first kappa shape index (κ1) is 40.3. The van der Waals surface area contributed by atoms with E-state index >= 15 is 0 Å². The van der Waals surface area contributed by atoms with Crippen LogP contribution in [0.3, 0.4) is 0 Å². The Hall–Kier alpha value is -5.41. The number of benzene rings is 1. The highest BCUT2D eigenvalue weighted by atomic mass is 16.7. The number of pyridine rings is 1. The molecule has 1 N–H and O–H groups in total. The van der Waals surface area contributed by atoms with Gasteiger partial charge in [-0.15, -0.1) is 0 Å². The molecular formula is C40H52N6O10. The summed E-state index contributed by atoms with van der Waals surface area (Å²) in [6, 6.07) is 10.5. The van der Waals surface area contributed by atoms with E-state index in [1.54, 1.807) is 43.8 Å². The minimum atomic E-state index is -0.900. The summed E-state index contributed by atoms with van der Waals surface area (Å²) in [6.45, 7) is 17.3. The monoisotopic (exact) mass is 776 g/mol. The first-order valence-corrected chi connectivity index (χ1v) is 18.9. The largest absolute Gasteiger partial charge is 0.514 e. The van der Waals surface area contributed by atoms with Gasteiger partial charge in [0.05, 0.1) is 28.5 Å². The second kappa shape index (κ2) is 14.6. The number of non-ortho nitro benzene ring substituents is 1. The van der Waals surface area contributed by atoms with Crippen molar-refractivity contribution in [1.82, 2.24) is 20.1 Å². The summed E-state index contributed by atoms with van der Waals surface area (Å²) in [5.41, 5.74) is -1.18. The zero-order valence-electron chi connectivity index (χ0n) is 33.5. The number of ether oxygens (including phenoxy) is 5. The molecular weight excluding hydrogens is 724 g/mol. The van der Waals surface area contributed by atoms with Crippen LogP contribution in [-0.2, 0) is 19.7 Å². The van der Waals surface area contributed by atoms with Crippen LogP contribution in [0, 0.1) is 15.5 Å². The minimum Gasteiger partial charge on any atom is -0.477 e. The molecule has 16 heteroatoms. The van der Waals surface area contributed by atoms with Gasteiger partial charge in [0.25, 0.3) is 5.69 Å². The molecule has 2 atom stereocenters. The molecule has 0 unspecified atom stereocenters.